The topological polar surface area (TPSA) is 53.6 Å². The molecule has 0 amide bonds. The lowest BCUT2D eigenvalue weighted by molar-refractivity contribution is 0.765. The van der Waals surface area contributed by atoms with E-state index in [9.17, 15) is 5.26 Å². The van der Waals surface area contributed by atoms with Gasteiger partial charge in [0.15, 0.2) is 0 Å². The molecule has 0 saturated carbocycles. The first-order chi connectivity index (χ1) is 9.65. The van der Waals surface area contributed by atoms with Crippen molar-refractivity contribution in [3.8, 4) is 6.07 Å². The molecule has 1 aromatic heterocycles. The van der Waals surface area contributed by atoms with Crippen LogP contribution >= 0.6 is 0 Å². The zero-order chi connectivity index (χ0) is 14.5. The van der Waals surface area contributed by atoms with Crippen LogP contribution in [0.5, 0.6) is 0 Å². The molecule has 104 valence electrons. The normalized spacial score (nSPS) is 10.3. The van der Waals surface area contributed by atoms with Crippen molar-refractivity contribution in [1.82, 2.24) is 9.78 Å². The molecule has 0 bridgehead atoms. The summed E-state index contributed by atoms with van der Waals surface area (Å²) >= 11 is 0. The second kappa shape index (κ2) is 6.25. The Hall–Kier alpha value is -2.28. The van der Waals surface area contributed by atoms with Gasteiger partial charge < -0.3 is 5.32 Å². The summed E-state index contributed by atoms with van der Waals surface area (Å²) in [6.45, 7) is 4.04. The third-order valence-electron chi connectivity index (χ3n) is 3.37. The fraction of sp³-hybridized carbons (Fsp3) is 0.375. The molecule has 0 atom stereocenters. The fourth-order valence-electron chi connectivity index (χ4n) is 2.21. The smallest absolute Gasteiger partial charge is 0.146 e. The standard InChI is InChI=1S/C16H20N4/c1-4-5-6-13-7-9-14(10-8-13)18-16-15(11-17)12(2)19-20(16)3/h7-10,18H,4-6H2,1-3H3. The average molecular weight is 268 g/mol. The zero-order valence-electron chi connectivity index (χ0n) is 12.3. The van der Waals surface area contributed by atoms with Gasteiger partial charge in [-0.15, -0.1) is 0 Å². The first-order valence-corrected chi connectivity index (χ1v) is 6.95. The molecule has 0 aliphatic carbocycles. The highest BCUT2D eigenvalue weighted by Gasteiger charge is 2.12. The van der Waals surface area contributed by atoms with Crippen LogP contribution in [0.15, 0.2) is 24.3 Å². The van der Waals surface area contributed by atoms with Crippen LogP contribution in [-0.4, -0.2) is 9.78 Å². The lowest BCUT2D eigenvalue weighted by atomic mass is 10.1. The maximum atomic E-state index is 9.19. The Balaban J connectivity index is 2.17. The summed E-state index contributed by atoms with van der Waals surface area (Å²) in [5.41, 5.74) is 3.67. The van der Waals surface area contributed by atoms with Crippen molar-refractivity contribution in [2.45, 2.75) is 33.1 Å². The van der Waals surface area contributed by atoms with E-state index in [0.29, 0.717) is 5.56 Å². The zero-order valence-corrected chi connectivity index (χ0v) is 12.3. The molecular formula is C16H20N4. The quantitative estimate of drug-likeness (QED) is 0.899. The molecule has 0 saturated heterocycles. The maximum absolute atomic E-state index is 9.19. The van der Waals surface area contributed by atoms with Crippen molar-refractivity contribution in [3.05, 3.63) is 41.1 Å². The van der Waals surface area contributed by atoms with E-state index in [1.807, 2.05) is 14.0 Å². The molecule has 1 aromatic carbocycles. The summed E-state index contributed by atoms with van der Waals surface area (Å²) in [6, 6.07) is 10.6. The highest BCUT2D eigenvalue weighted by Crippen LogP contribution is 2.22. The molecule has 0 radical (unpaired) electrons. The predicted octanol–water partition coefficient (Wildman–Crippen LogP) is 3.69. The van der Waals surface area contributed by atoms with Gasteiger partial charge in [-0.25, -0.2) is 0 Å². The van der Waals surface area contributed by atoms with Crippen molar-refractivity contribution in [2.75, 3.05) is 5.32 Å². The number of benzene rings is 1. The molecular weight excluding hydrogens is 248 g/mol. The first kappa shape index (κ1) is 14.1. The van der Waals surface area contributed by atoms with Gasteiger partial charge in [-0.05, 0) is 37.5 Å². The summed E-state index contributed by atoms with van der Waals surface area (Å²) in [6.07, 6.45) is 3.54. The van der Waals surface area contributed by atoms with Crippen LogP contribution in [0.2, 0.25) is 0 Å². The lowest BCUT2D eigenvalue weighted by Crippen LogP contribution is -2.00. The van der Waals surface area contributed by atoms with E-state index >= 15 is 0 Å². The van der Waals surface area contributed by atoms with Crippen LogP contribution in [0, 0.1) is 18.3 Å². The van der Waals surface area contributed by atoms with Crippen LogP contribution in [0.3, 0.4) is 0 Å². The number of nitrogens with one attached hydrogen (secondary N) is 1. The Morgan fingerprint density at radius 1 is 1.30 bits per heavy atom. The maximum Gasteiger partial charge on any atom is 0.146 e. The van der Waals surface area contributed by atoms with Gasteiger partial charge in [0.1, 0.15) is 17.5 Å². The van der Waals surface area contributed by atoms with Gasteiger partial charge in [0.2, 0.25) is 0 Å². The summed E-state index contributed by atoms with van der Waals surface area (Å²) in [5.74, 6) is 0.742. The van der Waals surface area contributed by atoms with Gasteiger partial charge in [0.05, 0.1) is 5.69 Å². The summed E-state index contributed by atoms with van der Waals surface area (Å²) < 4.78 is 1.71. The fourth-order valence-corrected chi connectivity index (χ4v) is 2.21. The SMILES string of the molecule is CCCCc1ccc(Nc2c(C#N)c(C)nn2C)cc1. The number of nitriles is 1. The van der Waals surface area contributed by atoms with Gasteiger partial charge in [-0.2, -0.15) is 10.4 Å². The number of hydrogen-bond acceptors (Lipinski definition) is 3. The molecule has 0 fully saturated rings. The second-order valence-electron chi connectivity index (χ2n) is 4.97. The third kappa shape index (κ3) is 3.00. The molecule has 1 heterocycles. The Morgan fingerprint density at radius 3 is 2.60 bits per heavy atom. The van der Waals surface area contributed by atoms with Gasteiger partial charge in [-0.1, -0.05) is 25.5 Å². The summed E-state index contributed by atoms with van der Waals surface area (Å²) in [7, 11) is 1.84. The van der Waals surface area contributed by atoms with Gasteiger partial charge in [0, 0.05) is 12.7 Å². The van der Waals surface area contributed by atoms with Crippen LogP contribution < -0.4 is 5.32 Å². The van der Waals surface area contributed by atoms with Gasteiger partial charge in [0.25, 0.3) is 0 Å². The Morgan fingerprint density at radius 2 is 2.00 bits per heavy atom. The van der Waals surface area contributed by atoms with Crippen LogP contribution in [0.4, 0.5) is 11.5 Å². The number of unbranched alkanes of at least 4 members (excludes halogenated alkanes) is 1. The molecule has 0 aliphatic rings. The highest BCUT2D eigenvalue weighted by molar-refractivity contribution is 5.64. The van der Waals surface area contributed by atoms with E-state index in [2.05, 4.69) is 47.7 Å². The number of aromatic nitrogens is 2. The minimum absolute atomic E-state index is 0.600. The van der Waals surface area contributed by atoms with Crippen molar-refractivity contribution in [1.29, 1.82) is 5.26 Å². The largest absolute Gasteiger partial charge is 0.339 e. The van der Waals surface area contributed by atoms with E-state index in [-0.39, 0.29) is 0 Å². The van der Waals surface area contributed by atoms with Crippen molar-refractivity contribution in [2.24, 2.45) is 7.05 Å². The third-order valence-corrected chi connectivity index (χ3v) is 3.37. The van der Waals surface area contributed by atoms with E-state index < -0.39 is 0 Å². The van der Waals surface area contributed by atoms with Crippen molar-refractivity contribution >= 4 is 11.5 Å². The lowest BCUT2D eigenvalue weighted by Gasteiger charge is -2.08. The number of anilines is 2. The molecule has 0 aliphatic heterocycles. The highest BCUT2D eigenvalue weighted by atomic mass is 15.3. The minimum Gasteiger partial charge on any atom is -0.339 e. The molecule has 2 aromatic rings. The number of hydrogen-bond donors (Lipinski definition) is 1. The molecule has 4 nitrogen and oxygen atoms in total. The summed E-state index contributed by atoms with van der Waals surface area (Å²) in [4.78, 5) is 0. The second-order valence-corrected chi connectivity index (χ2v) is 4.97. The van der Waals surface area contributed by atoms with Crippen molar-refractivity contribution in [3.63, 3.8) is 0 Å². The van der Waals surface area contributed by atoms with E-state index in [0.717, 1.165) is 23.6 Å². The predicted molar refractivity (Wildman–Crippen MR) is 81.0 cm³/mol. The van der Waals surface area contributed by atoms with Gasteiger partial charge in [-0.3, -0.25) is 4.68 Å². The van der Waals surface area contributed by atoms with Gasteiger partial charge >= 0.3 is 0 Å². The molecule has 0 spiro atoms. The molecule has 20 heavy (non-hydrogen) atoms. The van der Waals surface area contributed by atoms with Crippen LogP contribution in [0.1, 0.15) is 36.6 Å². The number of aryl methyl sites for hydroxylation is 3. The minimum atomic E-state index is 0.600. The Bertz CT molecular complexity index is 617. The van der Waals surface area contributed by atoms with E-state index in [1.54, 1.807) is 4.68 Å². The number of rotatable bonds is 5. The Kier molecular flexibility index (Phi) is 4.41. The van der Waals surface area contributed by atoms with E-state index in [4.69, 9.17) is 0 Å². The summed E-state index contributed by atoms with van der Waals surface area (Å²) in [5, 5.41) is 16.7. The monoisotopic (exact) mass is 268 g/mol. The van der Waals surface area contributed by atoms with Crippen LogP contribution in [0.25, 0.3) is 0 Å². The molecule has 4 heteroatoms. The molecule has 0 unspecified atom stereocenters. The first-order valence-electron chi connectivity index (χ1n) is 6.95. The molecule has 1 N–H and O–H groups in total. The van der Waals surface area contributed by atoms with Crippen molar-refractivity contribution < 1.29 is 0 Å². The van der Waals surface area contributed by atoms with E-state index in [1.165, 1.54) is 18.4 Å². The average Bonchev–Trinajstić information content (AvgIpc) is 2.72. The Labute approximate surface area is 120 Å². The molecule has 2 rings (SSSR count). The number of nitrogens with zero attached hydrogens (tertiary/aromatic N) is 3. The van der Waals surface area contributed by atoms with Crippen LogP contribution in [-0.2, 0) is 13.5 Å².